The number of ether oxygens (including phenoxy) is 2. The van der Waals surface area contributed by atoms with Gasteiger partial charge in [0, 0.05) is 23.4 Å². The van der Waals surface area contributed by atoms with Gasteiger partial charge in [0.05, 0.1) is 18.9 Å². The molecule has 1 aromatic rings. The molecule has 2 fully saturated rings. The molecule has 0 aromatic heterocycles. The summed E-state index contributed by atoms with van der Waals surface area (Å²) in [5.41, 5.74) is 0.731. The van der Waals surface area contributed by atoms with Crippen molar-refractivity contribution in [2.45, 2.75) is 38.9 Å². The maximum Gasteiger partial charge on any atom is 0.184 e. The van der Waals surface area contributed by atoms with Crippen molar-refractivity contribution >= 4 is 11.5 Å². The Labute approximate surface area is 147 Å². The second-order valence-corrected chi connectivity index (χ2v) is 7.64. The number of nitrogens with one attached hydrogen (secondary N) is 1. The topological polar surface area (TPSA) is 47.6 Å². The number of benzene rings is 1. The van der Waals surface area contributed by atoms with Gasteiger partial charge in [-0.3, -0.25) is 4.79 Å². The van der Waals surface area contributed by atoms with E-state index in [0.717, 1.165) is 19.3 Å². The van der Waals surface area contributed by atoms with E-state index in [1.165, 1.54) is 12.1 Å². The molecule has 1 saturated heterocycles. The van der Waals surface area contributed by atoms with Gasteiger partial charge in [0.15, 0.2) is 11.6 Å². The number of carbonyl (C=O) groups is 1. The predicted molar refractivity (Wildman–Crippen MR) is 92.4 cm³/mol. The smallest absolute Gasteiger partial charge is 0.184 e. The van der Waals surface area contributed by atoms with Gasteiger partial charge in [-0.05, 0) is 37.0 Å². The molecule has 2 aliphatic carbocycles. The molecular formula is C20H24FNO3. The molecule has 1 aliphatic heterocycles. The summed E-state index contributed by atoms with van der Waals surface area (Å²) in [6, 6.07) is 6.20. The first-order chi connectivity index (χ1) is 11.9. The number of hydrogen-bond donors (Lipinski definition) is 1. The number of fused-ring (bicyclic) bond motifs is 1. The van der Waals surface area contributed by atoms with E-state index in [9.17, 15) is 9.18 Å². The Balaban J connectivity index is 1.60. The Kier molecular flexibility index (Phi) is 3.96. The molecule has 134 valence electrons. The molecule has 4 nitrogen and oxygen atoms in total. The summed E-state index contributed by atoms with van der Waals surface area (Å²) >= 11 is 0. The summed E-state index contributed by atoms with van der Waals surface area (Å²) < 4.78 is 25.3. The molecule has 1 aromatic carbocycles. The monoisotopic (exact) mass is 345 g/mol. The van der Waals surface area contributed by atoms with Gasteiger partial charge >= 0.3 is 0 Å². The van der Waals surface area contributed by atoms with Crippen molar-refractivity contribution in [3.8, 4) is 0 Å². The number of carbonyl (C=O) groups excluding carboxylic acids is 1. The van der Waals surface area contributed by atoms with Gasteiger partial charge in [0.2, 0.25) is 0 Å². The lowest BCUT2D eigenvalue weighted by molar-refractivity contribution is -0.239. The van der Waals surface area contributed by atoms with Gasteiger partial charge in [0.25, 0.3) is 0 Å². The Bertz CT molecular complexity index is 725. The lowest BCUT2D eigenvalue weighted by Crippen LogP contribution is -2.56. The summed E-state index contributed by atoms with van der Waals surface area (Å²) in [5.74, 6) is -0.393. The van der Waals surface area contributed by atoms with Crippen LogP contribution < -0.4 is 5.32 Å². The fraction of sp³-hybridized carbons (Fsp3) is 0.550. The zero-order valence-corrected chi connectivity index (χ0v) is 14.7. The summed E-state index contributed by atoms with van der Waals surface area (Å²) in [4.78, 5) is 13.2. The Morgan fingerprint density at radius 1 is 1.24 bits per heavy atom. The van der Waals surface area contributed by atoms with Crippen LogP contribution >= 0.6 is 0 Å². The summed E-state index contributed by atoms with van der Waals surface area (Å²) in [6.07, 6.45) is 4.21. The third-order valence-electron chi connectivity index (χ3n) is 6.33. The van der Waals surface area contributed by atoms with Crippen molar-refractivity contribution < 1.29 is 18.7 Å². The van der Waals surface area contributed by atoms with Gasteiger partial charge in [-0.2, -0.15) is 0 Å². The Morgan fingerprint density at radius 3 is 2.72 bits per heavy atom. The van der Waals surface area contributed by atoms with Gasteiger partial charge in [-0.25, -0.2) is 4.39 Å². The first kappa shape index (κ1) is 16.7. The van der Waals surface area contributed by atoms with Crippen LogP contribution in [0.2, 0.25) is 0 Å². The Morgan fingerprint density at radius 2 is 2.00 bits per heavy atom. The third kappa shape index (κ3) is 2.61. The molecule has 0 unspecified atom stereocenters. The van der Waals surface area contributed by atoms with E-state index >= 15 is 0 Å². The van der Waals surface area contributed by atoms with E-state index in [0.29, 0.717) is 24.6 Å². The fourth-order valence-corrected chi connectivity index (χ4v) is 4.80. The van der Waals surface area contributed by atoms with Crippen LogP contribution in [0.25, 0.3) is 0 Å². The van der Waals surface area contributed by atoms with Gasteiger partial charge < -0.3 is 14.8 Å². The molecule has 25 heavy (non-hydrogen) atoms. The molecule has 4 rings (SSSR count). The van der Waals surface area contributed by atoms with Crippen molar-refractivity contribution in [3.05, 3.63) is 41.9 Å². The van der Waals surface area contributed by atoms with E-state index < -0.39 is 11.2 Å². The minimum atomic E-state index is -0.522. The average Bonchev–Trinajstić information content (AvgIpc) is 3.06. The third-order valence-corrected chi connectivity index (χ3v) is 6.33. The van der Waals surface area contributed by atoms with E-state index in [2.05, 4.69) is 19.2 Å². The number of hydrogen-bond acceptors (Lipinski definition) is 4. The number of allylic oxidation sites excluding steroid dienone is 2. The van der Waals surface area contributed by atoms with Crippen LogP contribution in [-0.2, 0) is 14.3 Å². The number of ketones is 1. The molecule has 1 saturated carbocycles. The van der Waals surface area contributed by atoms with Crippen LogP contribution in [0.3, 0.4) is 0 Å². The maximum absolute atomic E-state index is 13.4. The lowest BCUT2D eigenvalue weighted by Gasteiger charge is -2.52. The highest BCUT2D eigenvalue weighted by Gasteiger charge is 2.58. The van der Waals surface area contributed by atoms with Gasteiger partial charge in [0.1, 0.15) is 5.82 Å². The largest absolute Gasteiger partial charge is 0.353 e. The summed E-state index contributed by atoms with van der Waals surface area (Å²) in [6.45, 7) is 5.45. The summed E-state index contributed by atoms with van der Waals surface area (Å²) in [7, 11) is 0. The quantitative estimate of drug-likeness (QED) is 0.883. The highest BCUT2D eigenvalue weighted by molar-refractivity contribution is 6.03. The Hall–Kier alpha value is -1.72. The molecule has 0 amide bonds. The van der Waals surface area contributed by atoms with Crippen molar-refractivity contribution in [1.82, 2.24) is 0 Å². The van der Waals surface area contributed by atoms with Crippen LogP contribution in [-0.4, -0.2) is 24.8 Å². The standard InChI is InChI=1S/C20H24FNO3/c1-13-16-6-7-17(22-15-5-3-4-14(21)12-15)18(23)19(16,2)8-9-20(13)24-10-11-25-20/h3-5,7,12-13,16,22H,6,8-11H2,1-2H3/t13-,16-,19-/m1/s1. The highest BCUT2D eigenvalue weighted by atomic mass is 19.1. The van der Waals surface area contributed by atoms with Crippen molar-refractivity contribution in [2.75, 3.05) is 18.5 Å². The second-order valence-electron chi connectivity index (χ2n) is 7.64. The average molecular weight is 345 g/mol. The van der Waals surface area contributed by atoms with E-state index in [4.69, 9.17) is 9.47 Å². The minimum Gasteiger partial charge on any atom is -0.353 e. The number of Topliss-reactive ketones (excluding diaryl/α,β-unsaturated/α-hetero) is 1. The molecular weight excluding hydrogens is 321 g/mol. The predicted octanol–water partition coefficient (Wildman–Crippen LogP) is 3.89. The van der Waals surface area contributed by atoms with Crippen LogP contribution in [0, 0.1) is 23.1 Å². The first-order valence-electron chi connectivity index (χ1n) is 9.00. The second kappa shape index (κ2) is 5.92. The van der Waals surface area contributed by atoms with Gasteiger partial charge in [-0.15, -0.1) is 0 Å². The highest BCUT2D eigenvalue weighted by Crippen LogP contribution is 2.55. The molecule has 5 heteroatoms. The lowest BCUT2D eigenvalue weighted by atomic mass is 9.55. The molecule has 0 bridgehead atoms. The van der Waals surface area contributed by atoms with Crippen molar-refractivity contribution in [2.24, 2.45) is 17.3 Å². The van der Waals surface area contributed by atoms with Crippen molar-refractivity contribution in [3.63, 3.8) is 0 Å². The SMILES string of the molecule is C[C@@H]1[C@H]2CC=C(Nc3cccc(F)c3)C(=O)[C@]2(C)CCC12OCCO2. The molecule has 3 atom stereocenters. The van der Waals surface area contributed by atoms with Crippen molar-refractivity contribution in [1.29, 1.82) is 0 Å². The zero-order valence-electron chi connectivity index (χ0n) is 14.7. The maximum atomic E-state index is 13.4. The van der Waals surface area contributed by atoms with Crippen LogP contribution in [0.5, 0.6) is 0 Å². The molecule has 1 spiro atoms. The van der Waals surface area contributed by atoms with Gasteiger partial charge in [-0.1, -0.05) is 26.0 Å². The summed E-state index contributed by atoms with van der Waals surface area (Å²) in [5, 5.41) is 3.11. The fourth-order valence-electron chi connectivity index (χ4n) is 4.80. The molecule has 3 aliphatic rings. The van der Waals surface area contributed by atoms with Crippen LogP contribution in [0.1, 0.15) is 33.1 Å². The minimum absolute atomic E-state index is 0.104. The van der Waals surface area contributed by atoms with E-state index in [-0.39, 0.29) is 23.4 Å². The number of halogens is 1. The molecule has 1 N–H and O–H groups in total. The molecule has 1 heterocycles. The van der Waals surface area contributed by atoms with E-state index in [1.807, 2.05) is 6.08 Å². The zero-order chi connectivity index (χ0) is 17.7. The van der Waals surface area contributed by atoms with Crippen LogP contribution in [0.4, 0.5) is 10.1 Å². The number of anilines is 1. The number of rotatable bonds is 2. The molecule has 0 radical (unpaired) electrons. The first-order valence-corrected chi connectivity index (χ1v) is 9.00. The normalized spacial score (nSPS) is 33.9. The van der Waals surface area contributed by atoms with Crippen LogP contribution in [0.15, 0.2) is 36.0 Å². The van der Waals surface area contributed by atoms with E-state index in [1.54, 1.807) is 12.1 Å².